The smallest absolute Gasteiger partial charge is 0.0470 e. The maximum Gasteiger partial charge on any atom is 0.0470 e. The second kappa shape index (κ2) is 5.63. The first-order valence-corrected chi connectivity index (χ1v) is 7.67. The van der Waals surface area contributed by atoms with Gasteiger partial charge in [-0.1, -0.05) is 53.6 Å². The summed E-state index contributed by atoms with van der Waals surface area (Å²) in [7, 11) is 2.19. The van der Waals surface area contributed by atoms with Gasteiger partial charge in [0.2, 0.25) is 0 Å². The number of hydrogen-bond acceptors (Lipinski definition) is 2. The topological polar surface area (TPSA) is 29.3 Å². The fraction of sp³-hybridized carbons (Fsp3) is 0.368. The van der Waals surface area contributed by atoms with E-state index in [1.54, 1.807) is 0 Å². The van der Waals surface area contributed by atoms with Crippen molar-refractivity contribution in [1.82, 2.24) is 4.90 Å². The number of rotatable bonds is 2. The Labute approximate surface area is 127 Å². The SMILES string of the molecule is Cc1cccc(C2CN(C)C(CN)c3cc(C)ccc32)c1. The Morgan fingerprint density at radius 3 is 2.52 bits per heavy atom. The number of nitrogens with two attached hydrogens (primary N) is 1. The monoisotopic (exact) mass is 280 g/mol. The first kappa shape index (κ1) is 14.3. The molecule has 1 heterocycles. The van der Waals surface area contributed by atoms with Crippen LogP contribution in [0.5, 0.6) is 0 Å². The zero-order chi connectivity index (χ0) is 15.0. The molecule has 0 bridgehead atoms. The maximum atomic E-state index is 6.03. The van der Waals surface area contributed by atoms with Crippen molar-refractivity contribution < 1.29 is 0 Å². The summed E-state index contributed by atoms with van der Waals surface area (Å²) in [6.45, 7) is 6.02. The summed E-state index contributed by atoms with van der Waals surface area (Å²) in [6, 6.07) is 16.0. The van der Waals surface area contributed by atoms with Gasteiger partial charge in [0, 0.05) is 25.0 Å². The van der Waals surface area contributed by atoms with Crippen molar-refractivity contribution in [2.24, 2.45) is 5.73 Å². The van der Waals surface area contributed by atoms with Gasteiger partial charge < -0.3 is 5.73 Å². The number of aryl methyl sites for hydroxylation is 2. The van der Waals surface area contributed by atoms with Gasteiger partial charge in [-0.2, -0.15) is 0 Å². The van der Waals surface area contributed by atoms with Crippen LogP contribution in [0.2, 0.25) is 0 Å². The third-order valence-corrected chi connectivity index (χ3v) is 4.65. The predicted molar refractivity (Wildman–Crippen MR) is 88.6 cm³/mol. The molecule has 2 atom stereocenters. The highest BCUT2D eigenvalue weighted by Crippen LogP contribution is 2.38. The lowest BCUT2D eigenvalue weighted by Gasteiger charge is -2.39. The van der Waals surface area contributed by atoms with Crippen LogP contribution in [0.15, 0.2) is 42.5 Å². The van der Waals surface area contributed by atoms with Crippen LogP contribution in [0.1, 0.15) is 39.8 Å². The first-order chi connectivity index (χ1) is 10.1. The standard InChI is InChI=1S/C19H24N2/c1-13-5-4-6-15(9-13)18-12-21(3)19(11-20)17-10-14(2)7-8-16(17)18/h4-10,18-19H,11-12,20H2,1-3H3. The highest BCUT2D eigenvalue weighted by Gasteiger charge is 2.31. The summed E-state index contributed by atoms with van der Waals surface area (Å²) in [5.41, 5.74) is 12.9. The number of hydrogen-bond donors (Lipinski definition) is 1. The van der Waals surface area contributed by atoms with E-state index < -0.39 is 0 Å². The zero-order valence-electron chi connectivity index (χ0n) is 13.1. The van der Waals surface area contributed by atoms with E-state index in [9.17, 15) is 0 Å². The molecule has 0 aromatic heterocycles. The molecule has 0 saturated heterocycles. The van der Waals surface area contributed by atoms with Crippen molar-refractivity contribution in [2.45, 2.75) is 25.8 Å². The highest BCUT2D eigenvalue weighted by atomic mass is 15.1. The van der Waals surface area contributed by atoms with Crippen LogP contribution in [0, 0.1) is 13.8 Å². The van der Waals surface area contributed by atoms with Crippen molar-refractivity contribution in [2.75, 3.05) is 20.1 Å². The Balaban J connectivity index is 2.12. The third-order valence-electron chi connectivity index (χ3n) is 4.65. The predicted octanol–water partition coefficient (Wildman–Crippen LogP) is 3.38. The molecule has 0 amide bonds. The molecule has 3 rings (SSSR count). The number of nitrogens with zero attached hydrogens (tertiary/aromatic N) is 1. The van der Waals surface area contributed by atoms with Gasteiger partial charge in [-0.25, -0.2) is 0 Å². The molecule has 2 nitrogen and oxygen atoms in total. The minimum absolute atomic E-state index is 0.334. The average Bonchev–Trinajstić information content (AvgIpc) is 2.46. The quantitative estimate of drug-likeness (QED) is 0.913. The molecule has 0 fully saturated rings. The molecule has 0 spiro atoms. The van der Waals surface area contributed by atoms with E-state index in [0.29, 0.717) is 18.5 Å². The van der Waals surface area contributed by atoms with Gasteiger partial charge in [-0.05, 0) is 37.6 Å². The van der Waals surface area contributed by atoms with Crippen molar-refractivity contribution in [3.8, 4) is 0 Å². The molecule has 0 aliphatic carbocycles. The number of benzene rings is 2. The van der Waals surface area contributed by atoms with E-state index in [0.717, 1.165) is 6.54 Å². The van der Waals surface area contributed by atoms with E-state index in [-0.39, 0.29) is 0 Å². The second-order valence-electron chi connectivity index (χ2n) is 6.29. The summed E-state index contributed by atoms with van der Waals surface area (Å²) in [6.07, 6.45) is 0. The van der Waals surface area contributed by atoms with Crippen LogP contribution in [-0.4, -0.2) is 25.0 Å². The Kier molecular flexibility index (Phi) is 3.83. The van der Waals surface area contributed by atoms with Crippen LogP contribution in [0.25, 0.3) is 0 Å². The molecule has 2 aromatic carbocycles. The molecule has 2 aromatic rings. The molecule has 1 aliphatic heterocycles. The van der Waals surface area contributed by atoms with Crippen LogP contribution in [0.4, 0.5) is 0 Å². The molecule has 2 unspecified atom stereocenters. The normalized spacial score (nSPS) is 22.1. The first-order valence-electron chi connectivity index (χ1n) is 7.67. The van der Waals surface area contributed by atoms with Crippen LogP contribution < -0.4 is 5.73 Å². The van der Waals surface area contributed by atoms with Crippen molar-refractivity contribution >= 4 is 0 Å². The van der Waals surface area contributed by atoms with Gasteiger partial charge in [-0.3, -0.25) is 4.90 Å². The Hall–Kier alpha value is -1.64. The summed E-state index contributed by atoms with van der Waals surface area (Å²) in [5.74, 6) is 0.438. The van der Waals surface area contributed by atoms with Crippen LogP contribution >= 0.6 is 0 Å². The van der Waals surface area contributed by atoms with E-state index in [1.807, 2.05) is 0 Å². The highest BCUT2D eigenvalue weighted by molar-refractivity contribution is 5.44. The Morgan fingerprint density at radius 1 is 1.05 bits per heavy atom. The Morgan fingerprint density at radius 2 is 1.81 bits per heavy atom. The maximum absolute atomic E-state index is 6.03. The summed E-state index contributed by atoms with van der Waals surface area (Å²) >= 11 is 0. The zero-order valence-corrected chi connectivity index (χ0v) is 13.1. The van der Waals surface area contributed by atoms with Gasteiger partial charge in [0.1, 0.15) is 0 Å². The van der Waals surface area contributed by atoms with Gasteiger partial charge in [0.25, 0.3) is 0 Å². The summed E-state index contributed by atoms with van der Waals surface area (Å²) in [5, 5.41) is 0. The molecule has 2 heteroatoms. The number of likely N-dealkylation sites (N-methyl/N-ethyl adjacent to an activating group) is 1. The lowest BCUT2D eigenvalue weighted by Crippen LogP contribution is -2.39. The van der Waals surface area contributed by atoms with Gasteiger partial charge >= 0.3 is 0 Å². The largest absolute Gasteiger partial charge is 0.329 e. The third kappa shape index (κ3) is 2.61. The Bertz CT molecular complexity index is 648. The van der Waals surface area contributed by atoms with Crippen LogP contribution in [-0.2, 0) is 0 Å². The van der Waals surface area contributed by atoms with E-state index in [2.05, 4.69) is 68.3 Å². The average molecular weight is 280 g/mol. The summed E-state index contributed by atoms with van der Waals surface area (Å²) in [4.78, 5) is 2.40. The molecule has 110 valence electrons. The van der Waals surface area contributed by atoms with Crippen molar-refractivity contribution in [3.05, 3.63) is 70.3 Å². The van der Waals surface area contributed by atoms with Gasteiger partial charge in [0.05, 0.1) is 0 Å². The number of fused-ring (bicyclic) bond motifs is 1. The van der Waals surface area contributed by atoms with Gasteiger partial charge in [-0.15, -0.1) is 0 Å². The molecular weight excluding hydrogens is 256 g/mol. The fourth-order valence-corrected chi connectivity index (χ4v) is 3.53. The molecule has 0 radical (unpaired) electrons. The van der Waals surface area contributed by atoms with Crippen molar-refractivity contribution in [1.29, 1.82) is 0 Å². The van der Waals surface area contributed by atoms with Crippen LogP contribution in [0.3, 0.4) is 0 Å². The minimum Gasteiger partial charge on any atom is -0.329 e. The minimum atomic E-state index is 0.334. The molecule has 0 saturated carbocycles. The van der Waals surface area contributed by atoms with E-state index in [1.165, 1.54) is 27.8 Å². The summed E-state index contributed by atoms with van der Waals surface area (Å²) < 4.78 is 0. The molecule has 1 aliphatic rings. The molecule has 21 heavy (non-hydrogen) atoms. The lowest BCUT2D eigenvalue weighted by molar-refractivity contribution is 0.223. The lowest BCUT2D eigenvalue weighted by atomic mass is 9.80. The second-order valence-corrected chi connectivity index (χ2v) is 6.29. The molecule has 2 N–H and O–H groups in total. The van der Waals surface area contributed by atoms with E-state index in [4.69, 9.17) is 5.73 Å². The van der Waals surface area contributed by atoms with Crippen molar-refractivity contribution in [3.63, 3.8) is 0 Å². The fourth-order valence-electron chi connectivity index (χ4n) is 3.53. The van der Waals surface area contributed by atoms with E-state index >= 15 is 0 Å². The molecular formula is C19H24N2. The van der Waals surface area contributed by atoms with Gasteiger partial charge in [0.15, 0.2) is 0 Å².